The molecule has 17 heavy (non-hydrogen) atoms. The van der Waals surface area contributed by atoms with Crippen LogP contribution in [0.4, 0.5) is 5.69 Å². The number of anilines is 1. The average molecular weight is 229 g/mol. The Bertz CT molecular complexity index is 509. The van der Waals surface area contributed by atoms with Crippen LogP contribution in [0.15, 0.2) is 24.3 Å². The molecular formula is C14H19N3. The molecule has 1 aromatic heterocycles. The summed E-state index contributed by atoms with van der Waals surface area (Å²) >= 11 is 0. The molecule has 0 aliphatic carbocycles. The molecule has 3 rings (SSSR count). The fourth-order valence-electron chi connectivity index (χ4n) is 2.49. The number of rotatable bonds is 2. The molecule has 0 saturated carbocycles. The Kier molecular flexibility index (Phi) is 2.77. The summed E-state index contributed by atoms with van der Waals surface area (Å²) in [6.45, 7) is 6.56. The third-order valence-electron chi connectivity index (χ3n) is 3.52. The molecule has 1 saturated heterocycles. The van der Waals surface area contributed by atoms with Crippen LogP contribution in [0.5, 0.6) is 0 Å². The van der Waals surface area contributed by atoms with Crippen molar-refractivity contribution in [1.29, 1.82) is 0 Å². The first-order valence-electron chi connectivity index (χ1n) is 6.44. The van der Waals surface area contributed by atoms with Gasteiger partial charge in [-0.2, -0.15) is 0 Å². The molecule has 0 bridgehead atoms. The van der Waals surface area contributed by atoms with Crippen LogP contribution in [0.2, 0.25) is 0 Å². The van der Waals surface area contributed by atoms with Crippen molar-refractivity contribution in [3.8, 4) is 0 Å². The van der Waals surface area contributed by atoms with E-state index in [9.17, 15) is 0 Å². The van der Waals surface area contributed by atoms with Crippen molar-refractivity contribution in [2.24, 2.45) is 0 Å². The maximum atomic E-state index is 3.48. The fourth-order valence-corrected chi connectivity index (χ4v) is 2.49. The second-order valence-electron chi connectivity index (χ2n) is 4.66. The standard InChI is InChI=1S/C14H19N3/c1-2-12-9-11-3-4-13(10-14(11)16-12)17-7-5-15-6-8-17/h3-4,9-10,15-16H,2,5-8H2,1H3. The van der Waals surface area contributed by atoms with Gasteiger partial charge in [-0.1, -0.05) is 13.0 Å². The molecule has 0 atom stereocenters. The maximum absolute atomic E-state index is 3.48. The summed E-state index contributed by atoms with van der Waals surface area (Å²) in [5.41, 5.74) is 3.92. The Morgan fingerprint density at radius 1 is 1.18 bits per heavy atom. The van der Waals surface area contributed by atoms with E-state index in [0.717, 1.165) is 32.6 Å². The number of fused-ring (bicyclic) bond motifs is 1. The minimum Gasteiger partial charge on any atom is -0.369 e. The van der Waals surface area contributed by atoms with Crippen molar-refractivity contribution in [3.63, 3.8) is 0 Å². The van der Waals surface area contributed by atoms with Gasteiger partial charge in [-0.05, 0) is 30.0 Å². The van der Waals surface area contributed by atoms with E-state index in [4.69, 9.17) is 0 Å². The molecule has 2 heterocycles. The van der Waals surface area contributed by atoms with E-state index >= 15 is 0 Å². The van der Waals surface area contributed by atoms with E-state index in [1.54, 1.807) is 0 Å². The topological polar surface area (TPSA) is 31.1 Å². The number of hydrogen-bond donors (Lipinski definition) is 2. The zero-order valence-corrected chi connectivity index (χ0v) is 10.3. The minimum atomic E-state index is 1.07. The van der Waals surface area contributed by atoms with Crippen LogP contribution >= 0.6 is 0 Å². The Labute approximate surface area is 102 Å². The number of aromatic nitrogens is 1. The van der Waals surface area contributed by atoms with Crippen molar-refractivity contribution in [2.75, 3.05) is 31.1 Å². The van der Waals surface area contributed by atoms with Crippen molar-refractivity contribution < 1.29 is 0 Å². The van der Waals surface area contributed by atoms with Crippen LogP contribution in [-0.2, 0) is 6.42 Å². The summed E-state index contributed by atoms with van der Waals surface area (Å²) < 4.78 is 0. The van der Waals surface area contributed by atoms with Crippen molar-refractivity contribution >= 4 is 16.6 Å². The van der Waals surface area contributed by atoms with Crippen molar-refractivity contribution in [2.45, 2.75) is 13.3 Å². The summed E-state index contributed by atoms with van der Waals surface area (Å²) in [7, 11) is 0. The molecule has 90 valence electrons. The second-order valence-corrected chi connectivity index (χ2v) is 4.66. The lowest BCUT2D eigenvalue weighted by Crippen LogP contribution is -2.43. The van der Waals surface area contributed by atoms with Crippen LogP contribution < -0.4 is 10.2 Å². The molecule has 1 aliphatic rings. The molecule has 3 nitrogen and oxygen atoms in total. The van der Waals surface area contributed by atoms with Gasteiger partial charge in [0, 0.05) is 43.1 Å². The Morgan fingerprint density at radius 3 is 2.76 bits per heavy atom. The molecule has 1 aliphatic heterocycles. The number of benzene rings is 1. The van der Waals surface area contributed by atoms with E-state index < -0.39 is 0 Å². The predicted octanol–water partition coefficient (Wildman–Crippen LogP) is 2.14. The molecular weight excluding hydrogens is 210 g/mol. The van der Waals surface area contributed by atoms with Crippen LogP contribution in [0.1, 0.15) is 12.6 Å². The molecule has 2 aromatic rings. The molecule has 1 fully saturated rings. The SMILES string of the molecule is CCc1cc2ccc(N3CCNCC3)cc2[nH]1. The van der Waals surface area contributed by atoms with E-state index in [1.807, 2.05) is 0 Å². The van der Waals surface area contributed by atoms with Crippen LogP contribution in [0.3, 0.4) is 0 Å². The predicted molar refractivity (Wildman–Crippen MR) is 72.8 cm³/mol. The number of piperazine rings is 1. The summed E-state index contributed by atoms with van der Waals surface area (Å²) in [6, 6.07) is 8.99. The number of H-pyrrole nitrogens is 1. The fraction of sp³-hybridized carbons (Fsp3) is 0.429. The lowest BCUT2D eigenvalue weighted by atomic mass is 10.2. The summed E-state index contributed by atoms with van der Waals surface area (Å²) in [5.74, 6) is 0. The first kappa shape index (κ1) is 10.7. The van der Waals surface area contributed by atoms with Crippen LogP contribution in [0.25, 0.3) is 10.9 Å². The van der Waals surface area contributed by atoms with Crippen molar-refractivity contribution in [3.05, 3.63) is 30.0 Å². The van der Waals surface area contributed by atoms with Gasteiger partial charge < -0.3 is 15.2 Å². The first-order valence-corrected chi connectivity index (χ1v) is 6.44. The molecule has 0 radical (unpaired) electrons. The van der Waals surface area contributed by atoms with Gasteiger partial charge in [-0.25, -0.2) is 0 Å². The average Bonchev–Trinajstić information content (AvgIpc) is 2.81. The lowest BCUT2D eigenvalue weighted by Gasteiger charge is -2.29. The van der Waals surface area contributed by atoms with Gasteiger partial charge >= 0.3 is 0 Å². The Balaban J connectivity index is 1.94. The van der Waals surface area contributed by atoms with Gasteiger partial charge in [-0.3, -0.25) is 0 Å². The molecule has 3 heteroatoms. The Morgan fingerprint density at radius 2 is 2.00 bits per heavy atom. The van der Waals surface area contributed by atoms with Gasteiger partial charge in [0.2, 0.25) is 0 Å². The smallest absolute Gasteiger partial charge is 0.0476 e. The second kappa shape index (κ2) is 4.41. The monoisotopic (exact) mass is 229 g/mol. The van der Waals surface area contributed by atoms with E-state index in [2.05, 4.69) is 46.4 Å². The molecule has 0 spiro atoms. The summed E-state index contributed by atoms with van der Waals surface area (Å²) in [6.07, 6.45) is 1.07. The largest absolute Gasteiger partial charge is 0.369 e. The highest BCUT2D eigenvalue weighted by Gasteiger charge is 2.11. The van der Waals surface area contributed by atoms with Gasteiger partial charge in [-0.15, -0.1) is 0 Å². The van der Waals surface area contributed by atoms with E-state index in [0.29, 0.717) is 0 Å². The van der Waals surface area contributed by atoms with E-state index in [1.165, 1.54) is 22.3 Å². The number of hydrogen-bond acceptors (Lipinski definition) is 2. The minimum absolute atomic E-state index is 1.07. The van der Waals surface area contributed by atoms with Gasteiger partial charge in [0.25, 0.3) is 0 Å². The highest BCUT2D eigenvalue weighted by molar-refractivity contribution is 5.84. The highest BCUT2D eigenvalue weighted by Crippen LogP contribution is 2.23. The zero-order valence-electron chi connectivity index (χ0n) is 10.3. The molecule has 0 amide bonds. The molecule has 0 unspecified atom stereocenters. The van der Waals surface area contributed by atoms with Gasteiger partial charge in [0.15, 0.2) is 0 Å². The van der Waals surface area contributed by atoms with Gasteiger partial charge in [0.05, 0.1) is 0 Å². The number of nitrogens with zero attached hydrogens (tertiary/aromatic N) is 1. The first-order chi connectivity index (χ1) is 8.36. The van der Waals surface area contributed by atoms with Crippen LogP contribution in [-0.4, -0.2) is 31.2 Å². The Hall–Kier alpha value is -1.48. The van der Waals surface area contributed by atoms with E-state index in [-0.39, 0.29) is 0 Å². The summed E-state index contributed by atoms with van der Waals surface area (Å²) in [5, 5.41) is 4.71. The van der Waals surface area contributed by atoms with Crippen LogP contribution in [0, 0.1) is 0 Å². The molecule has 2 N–H and O–H groups in total. The summed E-state index contributed by atoms with van der Waals surface area (Å²) in [4.78, 5) is 5.93. The number of aromatic amines is 1. The number of aryl methyl sites for hydroxylation is 1. The van der Waals surface area contributed by atoms with Crippen molar-refractivity contribution in [1.82, 2.24) is 10.3 Å². The third-order valence-corrected chi connectivity index (χ3v) is 3.52. The highest BCUT2D eigenvalue weighted by atomic mass is 15.2. The lowest BCUT2D eigenvalue weighted by molar-refractivity contribution is 0.589. The zero-order chi connectivity index (χ0) is 11.7. The maximum Gasteiger partial charge on any atom is 0.0476 e. The third kappa shape index (κ3) is 2.03. The number of nitrogens with one attached hydrogen (secondary N) is 2. The quantitative estimate of drug-likeness (QED) is 0.826. The molecule has 1 aromatic carbocycles. The normalized spacial score (nSPS) is 16.6. The van der Waals surface area contributed by atoms with Gasteiger partial charge in [0.1, 0.15) is 0 Å².